The van der Waals surface area contributed by atoms with Gasteiger partial charge in [-0.1, -0.05) is 42.5 Å². The third-order valence-corrected chi connectivity index (χ3v) is 6.18. The second-order valence-electron chi connectivity index (χ2n) is 7.97. The number of carbonyl (C=O) groups is 2. The second kappa shape index (κ2) is 9.22. The first kappa shape index (κ1) is 24.2. The number of rotatable bonds is 7. The number of phenolic OH excluding ortho intramolecular Hbond substituents is 1. The molecule has 0 saturated carbocycles. The molecule has 34 heavy (non-hydrogen) atoms. The summed E-state index contributed by atoms with van der Waals surface area (Å²) in [4.78, 5) is 38.0. The molecule has 2 aromatic rings. The summed E-state index contributed by atoms with van der Waals surface area (Å²) in [5, 5.41) is 42.2. The summed E-state index contributed by atoms with van der Waals surface area (Å²) in [5.41, 5.74) is -1.62. The van der Waals surface area contributed by atoms with Gasteiger partial charge in [0.1, 0.15) is 5.75 Å². The van der Waals surface area contributed by atoms with Crippen LogP contribution < -0.4 is 0 Å². The Morgan fingerprint density at radius 1 is 1.03 bits per heavy atom. The lowest BCUT2D eigenvalue weighted by molar-refractivity contribution is -0.385. The minimum absolute atomic E-state index is 0.0258. The van der Waals surface area contributed by atoms with Crippen LogP contribution in [0.25, 0.3) is 6.08 Å². The molecule has 2 aromatic carbocycles. The first-order valence-electron chi connectivity index (χ1n) is 10.3. The van der Waals surface area contributed by atoms with Crippen molar-refractivity contribution in [2.75, 3.05) is 7.05 Å². The van der Waals surface area contributed by atoms with E-state index in [1.807, 2.05) is 0 Å². The number of aliphatic carboxylic acids is 2. The molecule has 1 aliphatic heterocycles. The summed E-state index contributed by atoms with van der Waals surface area (Å²) in [7, 11) is 1.56. The van der Waals surface area contributed by atoms with E-state index in [0.29, 0.717) is 5.56 Å². The molecule has 3 N–H and O–H groups in total. The standard InChI is InChI=1S/C25H24N2O7/c1-15-21(23(29)30)25(22(24(31)32)16(2)26(15)3,19-11-4-5-12-20(19)27(33)34)13-7-9-17-8-6-10-18(28)14-17/h4-12,14,28H,13H2,1-3H3,(H,29,30)(H,31,32)/b9-7+. The van der Waals surface area contributed by atoms with Crippen LogP contribution in [0.15, 0.2) is 77.1 Å². The number of hydrogen-bond donors (Lipinski definition) is 3. The van der Waals surface area contributed by atoms with Gasteiger partial charge in [0.25, 0.3) is 5.69 Å². The van der Waals surface area contributed by atoms with Gasteiger partial charge in [0.2, 0.25) is 0 Å². The van der Waals surface area contributed by atoms with E-state index in [2.05, 4.69) is 0 Å². The predicted octanol–water partition coefficient (Wildman–Crippen LogP) is 4.30. The molecule has 9 nitrogen and oxygen atoms in total. The van der Waals surface area contributed by atoms with Crippen molar-refractivity contribution in [3.05, 3.63) is 98.4 Å². The van der Waals surface area contributed by atoms with E-state index in [9.17, 15) is 35.0 Å². The number of benzene rings is 2. The molecular formula is C25H24N2O7. The van der Waals surface area contributed by atoms with Gasteiger partial charge >= 0.3 is 11.9 Å². The average Bonchev–Trinajstić information content (AvgIpc) is 2.77. The molecule has 0 aromatic heterocycles. The van der Waals surface area contributed by atoms with Gasteiger partial charge in [0, 0.05) is 30.1 Å². The van der Waals surface area contributed by atoms with Crippen molar-refractivity contribution in [1.82, 2.24) is 4.90 Å². The number of aromatic hydroxyl groups is 1. The maximum atomic E-state index is 12.6. The molecule has 0 fully saturated rings. The van der Waals surface area contributed by atoms with Gasteiger partial charge in [0.05, 0.1) is 21.5 Å². The van der Waals surface area contributed by atoms with Crippen LogP contribution in [0, 0.1) is 10.1 Å². The van der Waals surface area contributed by atoms with E-state index in [0.717, 1.165) is 0 Å². The molecule has 3 rings (SSSR count). The maximum absolute atomic E-state index is 12.6. The van der Waals surface area contributed by atoms with Gasteiger partial charge in [-0.15, -0.1) is 0 Å². The van der Waals surface area contributed by atoms with Gasteiger partial charge < -0.3 is 20.2 Å². The monoisotopic (exact) mass is 464 g/mol. The minimum atomic E-state index is -1.85. The topological polar surface area (TPSA) is 141 Å². The third-order valence-electron chi connectivity index (χ3n) is 6.18. The Balaban J connectivity index is 2.41. The lowest BCUT2D eigenvalue weighted by atomic mass is 9.63. The van der Waals surface area contributed by atoms with Crippen LogP contribution in [-0.4, -0.2) is 44.1 Å². The van der Waals surface area contributed by atoms with Crippen LogP contribution in [0.2, 0.25) is 0 Å². The van der Waals surface area contributed by atoms with Crippen molar-refractivity contribution < 1.29 is 29.8 Å². The highest BCUT2D eigenvalue weighted by atomic mass is 16.6. The molecule has 1 aliphatic rings. The summed E-state index contributed by atoms with van der Waals surface area (Å²) < 4.78 is 0. The molecular weight excluding hydrogens is 440 g/mol. The normalized spacial score (nSPS) is 15.7. The summed E-state index contributed by atoms with van der Waals surface area (Å²) in [5.74, 6) is -2.72. The van der Waals surface area contributed by atoms with E-state index in [1.165, 1.54) is 41.3 Å². The Labute approximate surface area is 195 Å². The van der Waals surface area contributed by atoms with Gasteiger partial charge in [-0.05, 0) is 38.0 Å². The molecule has 0 radical (unpaired) electrons. The zero-order valence-corrected chi connectivity index (χ0v) is 18.8. The highest BCUT2D eigenvalue weighted by Gasteiger charge is 2.53. The SMILES string of the molecule is CC1=C(C(=O)O)C(C/C=C/c2cccc(O)c2)(c2ccccc2[N+](=O)[O-])C(C(=O)O)=C(C)N1C. The van der Waals surface area contributed by atoms with Gasteiger partial charge in [0.15, 0.2) is 0 Å². The van der Waals surface area contributed by atoms with Crippen molar-refractivity contribution in [2.24, 2.45) is 0 Å². The third kappa shape index (κ3) is 4.03. The van der Waals surface area contributed by atoms with Crippen molar-refractivity contribution >= 4 is 23.7 Å². The summed E-state index contributed by atoms with van der Waals surface area (Å²) in [6.45, 7) is 3.10. The second-order valence-corrected chi connectivity index (χ2v) is 7.97. The summed E-state index contributed by atoms with van der Waals surface area (Å²) >= 11 is 0. The number of phenols is 1. The quantitative estimate of drug-likeness (QED) is 0.407. The first-order chi connectivity index (χ1) is 16.0. The predicted molar refractivity (Wildman–Crippen MR) is 125 cm³/mol. The van der Waals surface area contributed by atoms with Crippen molar-refractivity contribution in [3.8, 4) is 5.75 Å². The number of nitrogens with zero attached hydrogens (tertiary/aromatic N) is 2. The number of nitro groups is 1. The zero-order valence-electron chi connectivity index (χ0n) is 18.8. The zero-order chi connectivity index (χ0) is 25.2. The van der Waals surface area contributed by atoms with Crippen LogP contribution >= 0.6 is 0 Å². The molecule has 1 heterocycles. The van der Waals surface area contributed by atoms with Crippen LogP contribution in [0.5, 0.6) is 5.75 Å². The number of carboxylic acid groups (broad SMARTS) is 2. The molecule has 0 amide bonds. The molecule has 0 spiro atoms. The summed E-state index contributed by atoms with van der Waals surface area (Å²) in [6, 6.07) is 11.9. The number of para-hydroxylation sites is 1. The molecule has 0 aliphatic carbocycles. The van der Waals surface area contributed by atoms with Gasteiger partial charge in [-0.2, -0.15) is 0 Å². The van der Waals surface area contributed by atoms with E-state index in [1.54, 1.807) is 45.2 Å². The lowest BCUT2D eigenvalue weighted by Crippen LogP contribution is -2.45. The van der Waals surface area contributed by atoms with Crippen LogP contribution in [0.3, 0.4) is 0 Å². The largest absolute Gasteiger partial charge is 0.508 e. The van der Waals surface area contributed by atoms with Crippen LogP contribution in [0.1, 0.15) is 31.4 Å². The fourth-order valence-corrected chi connectivity index (χ4v) is 4.58. The highest BCUT2D eigenvalue weighted by Crippen LogP contribution is 2.51. The van der Waals surface area contributed by atoms with E-state index in [4.69, 9.17) is 0 Å². The fraction of sp³-hybridized carbons (Fsp3) is 0.200. The number of nitro benzene ring substituents is 1. The minimum Gasteiger partial charge on any atom is -0.508 e. The smallest absolute Gasteiger partial charge is 0.334 e. The Kier molecular flexibility index (Phi) is 6.58. The van der Waals surface area contributed by atoms with Crippen molar-refractivity contribution in [3.63, 3.8) is 0 Å². The Morgan fingerprint density at radius 2 is 1.62 bits per heavy atom. The van der Waals surface area contributed by atoms with Crippen molar-refractivity contribution in [2.45, 2.75) is 25.7 Å². The Morgan fingerprint density at radius 3 is 2.15 bits per heavy atom. The van der Waals surface area contributed by atoms with E-state index < -0.39 is 22.3 Å². The molecule has 9 heteroatoms. The van der Waals surface area contributed by atoms with Crippen LogP contribution in [0.4, 0.5) is 5.69 Å². The molecule has 176 valence electrons. The van der Waals surface area contributed by atoms with Crippen molar-refractivity contribution in [1.29, 1.82) is 0 Å². The number of carboxylic acids is 2. The lowest BCUT2D eigenvalue weighted by Gasteiger charge is -2.43. The molecule has 0 atom stereocenters. The van der Waals surface area contributed by atoms with E-state index in [-0.39, 0.29) is 46.0 Å². The summed E-state index contributed by atoms with van der Waals surface area (Å²) in [6.07, 6.45) is 3.00. The molecule has 0 unspecified atom stereocenters. The Bertz CT molecular complexity index is 1240. The maximum Gasteiger partial charge on any atom is 0.334 e. The highest BCUT2D eigenvalue weighted by molar-refractivity contribution is 6.01. The molecule has 0 bridgehead atoms. The first-order valence-corrected chi connectivity index (χ1v) is 10.3. The number of allylic oxidation sites excluding steroid dienone is 3. The molecule has 0 saturated heterocycles. The number of hydrogen-bond acceptors (Lipinski definition) is 6. The van der Waals surface area contributed by atoms with E-state index >= 15 is 0 Å². The van der Waals surface area contributed by atoms with Gasteiger partial charge in [-0.25, -0.2) is 9.59 Å². The average molecular weight is 464 g/mol. The van der Waals surface area contributed by atoms with Gasteiger partial charge in [-0.3, -0.25) is 10.1 Å². The fourth-order valence-electron chi connectivity index (χ4n) is 4.58. The Hall–Kier alpha value is -4.40. The van der Waals surface area contributed by atoms with Crippen LogP contribution in [-0.2, 0) is 15.0 Å².